The van der Waals surface area contributed by atoms with Gasteiger partial charge in [0.25, 0.3) is 0 Å². The SMILES string of the molecule is CC(I)OC(=O)Oc1cccc2ccccc12. The lowest BCUT2D eigenvalue weighted by molar-refractivity contribution is 0.0994. The molecule has 2 aromatic carbocycles. The predicted molar refractivity (Wildman–Crippen MR) is 74.5 cm³/mol. The highest BCUT2D eigenvalue weighted by atomic mass is 127. The first-order valence-electron chi connectivity index (χ1n) is 5.17. The number of rotatable bonds is 2. The lowest BCUT2D eigenvalue weighted by atomic mass is 10.1. The molecule has 0 spiro atoms. The molecule has 0 saturated carbocycles. The summed E-state index contributed by atoms with van der Waals surface area (Å²) in [7, 11) is 0. The fraction of sp³-hybridized carbons (Fsp3) is 0.154. The third kappa shape index (κ3) is 3.09. The first kappa shape index (κ1) is 12.2. The monoisotopic (exact) mass is 342 g/mol. The third-order valence-corrected chi connectivity index (χ3v) is 2.46. The summed E-state index contributed by atoms with van der Waals surface area (Å²) in [6.07, 6.45) is -0.678. The molecule has 88 valence electrons. The second-order valence-electron chi connectivity index (χ2n) is 3.49. The number of alkyl halides is 1. The molecule has 0 aromatic heterocycles. The molecular formula is C13H11IO3. The van der Waals surface area contributed by atoms with Gasteiger partial charge in [-0.25, -0.2) is 4.79 Å². The zero-order chi connectivity index (χ0) is 12.3. The topological polar surface area (TPSA) is 35.5 Å². The summed E-state index contributed by atoms with van der Waals surface area (Å²) in [5.41, 5.74) is 0. The zero-order valence-corrected chi connectivity index (χ0v) is 11.4. The number of carbonyl (C=O) groups is 1. The van der Waals surface area contributed by atoms with Crippen LogP contribution < -0.4 is 4.74 Å². The van der Waals surface area contributed by atoms with Crippen LogP contribution in [0.3, 0.4) is 0 Å². The molecule has 1 unspecified atom stereocenters. The summed E-state index contributed by atoms with van der Waals surface area (Å²) in [5, 5.41) is 1.92. The third-order valence-electron chi connectivity index (χ3n) is 2.20. The van der Waals surface area contributed by atoms with Gasteiger partial charge in [-0.05, 0) is 41.0 Å². The Labute approximate surface area is 113 Å². The van der Waals surface area contributed by atoms with Crippen molar-refractivity contribution in [2.24, 2.45) is 0 Å². The molecule has 1 atom stereocenters. The summed E-state index contributed by atoms with van der Waals surface area (Å²) >= 11 is 2.00. The van der Waals surface area contributed by atoms with E-state index in [4.69, 9.17) is 9.47 Å². The van der Waals surface area contributed by atoms with Gasteiger partial charge < -0.3 is 9.47 Å². The van der Waals surface area contributed by atoms with Gasteiger partial charge >= 0.3 is 6.16 Å². The van der Waals surface area contributed by atoms with Gasteiger partial charge in [-0.2, -0.15) is 0 Å². The Bertz CT molecular complexity index is 532. The van der Waals surface area contributed by atoms with Gasteiger partial charge in [0.2, 0.25) is 0 Å². The molecule has 4 heteroatoms. The largest absolute Gasteiger partial charge is 0.514 e. The predicted octanol–water partition coefficient (Wildman–Crippen LogP) is 4.14. The van der Waals surface area contributed by atoms with Crippen molar-refractivity contribution in [1.29, 1.82) is 0 Å². The standard InChI is InChI=1S/C13H11IO3/c1-9(14)16-13(15)17-12-8-4-6-10-5-2-3-7-11(10)12/h2-9H,1H3. The van der Waals surface area contributed by atoms with Crippen LogP contribution in [0.1, 0.15) is 6.92 Å². The highest BCUT2D eigenvalue weighted by Crippen LogP contribution is 2.25. The van der Waals surface area contributed by atoms with E-state index in [2.05, 4.69) is 0 Å². The van der Waals surface area contributed by atoms with Crippen LogP contribution in [0, 0.1) is 0 Å². The van der Waals surface area contributed by atoms with Crippen LogP contribution in [0.5, 0.6) is 5.75 Å². The summed E-state index contributed by atoms with van der Waals surface area (Å²) < 4.78 is 9.89. The first-order valence-corrected chi connectivity index (χ1v) is 6.41. The van der Waals surface area contributed by atoms with Crippen molar-refractivity contribution >= 4 is 39.5 Å². The van der Waals surface area contributed by atoms with Gasteiger partial charge in [-0.15, -0.1) is 0 Å². The molecule has 0 aliphatic rings. The van der Waals surface area contributed by atoms with E-state index in [0.717, 1.165) is 10.8 Å². The van der Waals surface area contributed by atoms with Gasteiger partial charge in [0.1, 0.15) is 5.75 Å². The van der Waals surface area contributed by atoms with E-state index in [1.807, 2.05) is 59.0 Å². The quantitative estimate of drug-likeness (QED) is 0.356. The van der Waals surface area contributed by atoms with E-state index >= 15 is 0 Å². The summed E-state index contributed by atoms with van der Waals surface area (Å²) in [6, 6.07) is 13.3. The Hall–Kier alpha value is -1.30. The molecule has 2 rings (SSSR count). The van der Waals surface area contributed by atoms with E-state index in [1.54, 1.807) is 13.0 Å². The fourth-order valence-corrected chi connectivity index (χ4v) is 1.74. The van der Waals surface area contributed by atoms with Crippen molar-refractivity contribution in [3.63, 3.8) is 0 Å². The zero-order valence-electron chi connectivity index (χ0n) is 9.22. The Morgan fingerprint density at radius 3 is 2.65 bits per heavy atom. The number of ether oxygens (including phenoxy) is 2. The average Bonchev–Trinajstić information content (AvgIpc) is 2.28. The lowest BCUT2D eigenvalue weighted by Gasteiger charge is -2.09. The van der Waals surface area contributed by atoms with E-state index in [-0.39, 0.29) is 4.11 Å². The highest BCUT2D eigenvalue weighted by molar-refractivity contribution is 14.1. The minimum atomic E-state index is -0.678. The molecule has 0 radical (unpaired) electrons. The van der Waals surface area contributed by atoms with Crippen molar-refractivity contribution < 1.29 is 14.3 Å². The summed E-state index contributed by atoms with van der Waals surface area (Å²) in [5.74, 6) is 0.519. The van der Waals surface area contributed by atoms with Crippen molar-refractivity contribution in [3.05, 3.63) is 42.5 Å². The molecular weight excluding hydrogens is 331 g/mol. The molecule has 0 heterocycles. The van der Waals surface area contributed by atoms with Crippen LogP contribution in [0.15, 0.2) is 42.5 Å². The molecule has 0 amide bonds. The molecule has 0 bridgehead atoms. The van der Waals surface area contributed by atoms with Crippen LogP contribution in [0.4, 0.5) is 4.79 Å². The van der Waals surface area contributed by atoms with Crippen molar-refractivity contribution in [2.75, 3.05) is 0 Å². The number of halogens is 1. The van der Waals surface area contributed by atoms with Crippen LogP contribution in [0.2, 0.25) is 0 Å². The fourth-order valence-electron chi connectivity index (χ4n) is 1.53. The van der Waals surface area contributed by atoms with Gasteiger partial charge in [0, 0.05) is 5.39 Å². The minimum absolute atomic E-state index is 0.213. The second-order valence-corrected chi connectivity index (χ2v) is 5.24. The van der Waals surface area contributed by atoms with E-state index in [0.29, 0.717) is 5.75 Å². The van der Waals surface area contributed by atoms with Gasteiger partial charge in [-0.1, -0.05) is 36.4 Å². The number of hydrogen-bond acceptors (Lipinski definition) is 3. The molecule has 17 heavy (non-hydrogen) atoms. The Morgan fingerprint density at radius 2 is 1.88 bits per heavy atom. The van der Waals surface area contributed by atoms with Crippen molar-refractivity contribution in [1.82, 2.24) is 0 Å². The molecule has 0 aliphatic heterocycles. The number of carbonyl (C=O) groups excluding carboxylic acids is 1. The van der Waals surface area contributed by atoms with Crippen molar-refractivity contribution in [2.45, 2.75) is 11.0 Å². The summed E-state index contributed by atoms with van der Waals surface area (Å²) in [4.78, 5) is 11.4. The van der Waals surface area contributed by atoms with Gasteiger partial charge in [0.05, 0.1) is 0 Å². The Kier molecular flexibility index (Phi) is 3.83. The minimum Gasteiger partial charge on any atom is -0.420 e. The molecule has 3 nitrogen and oxygen atoms in total. The van der Waals surface area contributed by atoms with Gasteiger partial charge in [0.15, 0.2) is 4.11 Å². The average molecular weight is 342 g/mol. The maximum atomic E-state index is 11.4. The lowest BCUT2D eigenvalue weighted by Crippen LogP contribution is -2.13. The molecule has 0 saturated heterocycles. The van der Waals surface area contributed by atoms with Crippen LogP contribution >= 0.6 is 22.6 Å². The second kappa shape index (κ2) is 5.35. The van der Waals surface area contributed by atoms with E-state index < -0.39 is 6.16 Å². The summed E-state index contributed by atoms with van der Waals surface area (Å²) in [6.45, 7) is 1.77. The Morgan fingerprint density at radius 1 is 1.18 bits per heavy atom. The molecule has 0 aliphatic carbocycles. The molecule has 0 N–H and O–H groups in total. The maximum absolute atomic E-state index is 11.4. The maximum Gasteiger partial charge on any atom is 0.514 e. The normalized spacial score (nSPS) is 12.1. The number of hydrogen-bond donors (Lipinski definition) is 0. The van der Waals surface area contributed by atoms with E-state index in [9.17, 15) is 4.79 Å². The number of benzene rings is 2. The molecule has 0 fully saturated rings. The van der Waals surface area contributed by atoms with E-state index in [1.165, 1.54) is 0 Å². The Balaban J connectivity index is 2.27. The molecule has 2 aromatic rings. The number of fused-ring (bicyclic) bond motifs is 1. The first-order chi connectivity index (χ1) is 8.16. The van der Waals surface area contributed by atoms with Crippen LogP contribution in [-0.2, 0) is 4.74 Å². The van der Waals surface area contributed by atoms with Gasteiger partial charge in [-0.3, -0.25) is 0 Å². The van der Waals surface area contributed by atoms with Crippen LogP contribution in [-0.4, -0.2) is 10.3 Å². The van der Waals surface area contributed by atoms with Crippen LogP contribution in [0.25, 0.3) is 10.8 Å². The van der Waals surface area contributed by atoms with Crippen molar-refractivity contribution in [3.8, 4) is 5.75 Å². The highest BCUT2D eigenvalue weighted by Gasteiger charge is 2.10. The smallest absolute Gasteiger partial charge is 0.420 e.